The molecular formula is C24H26N4O2. The van der Waals surface area contributed by atoms with Crippen LogP contribution in [0.1, 0.15) is 49.3 Å². The summed E-state index contributed by atoms with van der Waals surface area (Å²) < 4.78 is 0. The van der Waals surface area contributed by atoms with Crippen LogP contribution < -0.4 is 10.6 Å². The minimum absolute atomic E-state index is 0.0803. The molecule has 2 aromatic carbocycles. The highest BCUT2D eigenvalue weighted by Gasteiger charge is 2.34. The molecule has 6 heteroatoms. The first-order valence-corrected chi connectivity index (χ1v) is 10.7. The van der Waals surface area contributed by atoms with Gasteiger partial charge in [-0.05, 0) is 47.9 Å². The Bertz CT molecular complexity index is 1070. The van der Waals surface area contributed by atoms with E-state index < -0.39 is 0 Å². The predicted octanol–water partition coefficient (Wildman–Crippen LogP) is 3.91. The number of rotatable bonds is 7. The topological polar surface area (TPSA) is 86.9 Å². The number of amides is 2. The van der Waals surface area contributed by atoms with Crippen LogP contribution in [-0.2, 0) is 16.0 Å². The van der Waals surface area contributed by atoms with Gasteiger partial charge in [0.2, 0.25) is 11.8 Å². The van der Waals surface area contributed by atoms with Gasteiger partial charge in [0, 0.05) is 30.1 Å². The van der Waals surface area contributed by atoms with Gasteiger partial charge in [-0.1, -0.05) is 42.5 Å². The van der Waals surface area contributed by atoms with E-state index in [0.29, 0.717) is 30.5 Å². The van der Waals surface area contributed by atoms with E-state index in [-0.39, 0.29) is 17.9 Å². The van der Waals surface area contributed by atoms with E-state index in [1.54, 1.807) is 0 Å². The highest BCUT2D eigenvalue weighted by molar-refractivity contribution is 5.95. The van der Waals surface area contributed by atoms with Crippen LogP contribution in [0.4, 0.5) is 5.82 Å². The van der Waals surface area contributed by atoms with Gasteiger partial charge >= 0.3 is 0 Å². The van der Waals surface area contributed by atoms with Gasteiger partial charge in [-0.25, -0.2) is 0 Å². The Kier molecular flexibility index (Phi) is 4.99. The summed E-state index contributed by atoms with van der Waals surface area (Å²) in [5.74, 6) is 1.63. The Morgan fingerprint density at radius 1 is 1.03 bits per heavy atom. The fraction of sp³-hybridized carbons (Fsp3) is 0.375. The summed E-state index contributed by atoms with van der Waals surface area (Å²) in [6.07, 6.45) is 5.22. The second kappa shape index (κ2) is 7.94. The van der Waals surface area contributed by atoms with E-state index in [9.17, 15) is 9.59 Å². The minimum atomic E-state index is -0.0803. The molecular weight excluding hydrogens is 376 g/mol. The Morgan fingerprint density at radius 2 is 1.83 bits per heavy atom. The normalized spacial score (nSPS) is 20.5. The molecule has 6 nitrogen and oxygen atoms in total. The van der Waals surface area contributed by atoms with E-state index in [1.807, 2.05) is 36.4 Å². The summed E-state index contributed by atoms with van der Waals surface area (Å²) in [4.78, 5) is 24.5. The molecule has 0 atom stereocenters. The van der Waals surface area contributed by atoms with Crippen molar-refractivity contribution in [2.24, 2.45) is 5.92 Å². The van der Waals surface area contributed by atoms with Crippen LogP contribution in [0.3, 0.4) is 0 Å². The van der Waals surface area contributed by atoms with Gasteiger partial charge < -0.3 is 10.6 Å². The Hall–Kier alpha value is -3.15. The number of aromatic nitrogens is 2. The highest BCUT2D eigenvalue weighted by Crippen LogP contribution is 2.37. The first-order valence-electron chi connectivity index (χ1n) is 10.7. The Balaban J connectivity index is 1.13. The predicted molar refractivity (Wildman–Crippen MR) is 116 cm³/mol. The lowest BCUT2D eigenvalue weighted by molar-refractivity contribution is -0.122. The first-order chi connectivity index (χ1) is 14.6. The molecule has 1 aromatic heterocycles. The van der Waals surface area contributed by atoms with Crippen molar-refractivity contribution in [1.82, 2.24) is 15.5 Å². The maximum absolute atomic E-state index is 12.5. The van der Waals surface area contributed by atoms with Gasteiger partial charge in [0.05, 0.1) is 6.42 Å². The van der Waals surface area contributed by atoms with Crippen molar-refractivity contribution in [3.05, 3.63) is 59.8 Å². The summed E-state index contributed by atoms with van der Waals surface area (Å²) in [6, 6.07) is 16.3. The maximum Gasteiger partial charge on any atom is 0.230 e. The van der Waals surface area contributed by atoms with Gasteiger partial charge in [-0.2, -0.15) is 5.10 Å². The fourth-order valence-corrected chi connectivity index (χ4v) is 4.28. The summed E-state index contributed by atoms with van der Waals surface area (Å²) >= 11 is 0. The van der Waals surface area contributed by atoms with Gasteiger partial charge in [0.1, 0.15) is 0 Å². The number of fused-ring (bicyclic) bond motifs is 1. The molecule has 3 N–H and O–H groups in total. The van der Waals surface area contributed by atoms with E-state index >= 15 is 0 Å². The Labute approximate surface area is 175 Å². The third-order valence-corrected chi connectivity index (χ3v) is 6.21. The van der Waals surface area contributed by atoms with Gasteiger partial charge in [0.15, 0.2) is 5.82 Å². The van der Waals surface area contributed by atoms with Crippen LogP contribution in [-0.4, -0.2) is 28.1 Å². The minimum Gasteiger partial charge on any atom is -0.353 e. The molecule has 2 saturated carbocycles. The molecule has 2 amide bonds. The second-order valence-corrected chi connectivity index (χ2v) is 8.65. The number of hydrogen-bond acceptors (Lipinski definition) is 3. The molecule has 0 saturated heterocycles. The average Bonchev–Trinajstić information content (AvgIpc) is 3.40. The van der Waals surface area contributed by atoms with Crippen molar-refractivity contribution in [1.29, 1.82) is 0 Å². The van der Waals surface area contributed by atoms with E-state index in [2.05, 4.69) is 33.0 Å². The molecule has 1 heterocycles. The molecule has 2 fully saturated rings. The largest absolute Gasteiger partial charge is 0.353 e. The molecule has 154 valence electrons. The summed E-state index contributed by atoms with van der Waals surface area (Å²) in [5.41, 5.74) is 2.02. The quantitative estimate of drug-likeness (QED) is 0.560. The number of anilines is 1. The highest BCUT2D eigenvalue weighted by atomic mass is 16.2. The van der Waals surface area contributed by atoms with Gasteiger partial charge in [0.25, 0.3) is 0 Å². The first kappa shape index (κ1) is 18.9. The lowest BCUT2D eigenvalue weighted by Crippen LogP contribution is -2.43. The zero-order valence-electron chi connectivity index (χ0n) is 16.9. The van der Waals surface area contributed by atoms with Crippen molar-refractivity contribution in [3.8, 4) is 0 Å². The molecule has 2 aliphatic carbocycles. The monoisotopic (exact) mass is 402 g/mol. The number of carbonyl (C=O) groups excluding carboxylic acids is 2. The van der Waals surface area contributed by atoms with Crippen molar-refractivity contribution in [3.63, 3.8) is 0 Å². The number of aromatic amines is 1. The number of nitrogens with one attached hydrogen (secondary N) is 3. The van der Waals surface area contributed by atoms with Crippen molar-refractivity contribution in [2.75, 3.05) is 5.32 Å². The lowest BCUT2D eigenvalue weighted by Gasteiger charge is -2.35. The molecule has 0 radical (unpaired) electrons. The molecule has 0 aliphatic heterocycles. The molecule has 3 aromatic rings. The number of H-pyrrole nitrogens is 1. The third-order valence-electron chi connectivity index (χ3n) is 6.21. The number of nitrogens with zero attached hydrogens (tertiary/aromatic N) is 1. The molecule has 5 rings (SSSR count). The van der Waals surface area contributed by atoms with Crippen LogP contribution >= 0.6 is 0 Å². The van der Waals surface area contributed by atoms with Crippen LogP contribution in [0.15, 0.2) is 48.5 Å². The average molecular weight is 402 g/mol. The summed E-state index contributed by atoms with van der Waals surface area (Å²) in [5, 5.41) is 15.6. The fourth-order valence-electron chi connectivity index (χ4n) is 4.28. The smallest absolute Gasteiger partial charge is 0.230 e. The second-order valence-electron chi connectivity index (χ2n) is 8.65. The van der Waals surface area contributed by atoms with Gasteiger partial charge in [-0.3, -0.25) is 14.7 Å². The maximum atomic E-state index is 12.5. The number of carbonyl (C=O) groups is 2. The molecule has 2 aliphatic rings. The zero-order chi connectivity index (χ0) is 20.5. The van der Waals surface area contributed by atoms with Crippen LogP contribution in [0.25, 0.3) is 10.8 Å². The van der Waals surface area contributed by atoms with Crippen molar-refractivity contribution >= 4 is 28.4 Å². The number of benzene rings is 2. The zero-order valence-corrected chi connectivity index (χ0v) is 16.9. The molecule has 0 spiro atoms. The standard InChI is InChI=1S/C24H26N4O2/c29-23(10-15-8-9-15)25-19-11-18(12-19)21-14-22(28-27-21)26-24(30)13-17-6-3-5-16-4-1-2-7-20(16)17/h1-7,14-15,18-19H,8-13H2,(H,25,29)(H2,26,27,28,30)/t18-,19+. The van der Waals surface area contributed by atoms with Crippen LogP contribution in [0.2, 0.25) is 0 Å². The Morgan fingerprint density at radius 3 is 2.67 bits per heavy atom. The van der Waals surface area contributed by atoms with E-state index in [0.717, 1.165) is 34.9 Å². The SMILES string of the molecule is O=C(Cc1cccc2ccccc12)Nc1cc([C@H]2C[C@@H](NC(=O)CC3CC3)C2)[nH]n1. The van der Waals surface area contributed by atoms with Crippen LogP contribution in [0.5, 0.6) is 0 Å². The molecule has 30 heavy (non-hydrogen) atoms. The summed E-state index contributed by atoms with van der Waals surface area (Å²) in [6.45, 7) is 0. The molecule has 0 bridgehead atoms. The third kappa shape index (κ3) is 4.22. The summed E-state index contributed by atoms with van der Waals surface area (Å²) in [7, 11) is 0. The lowest BCUT2D eigenvalue weighted by atomic mass is 9.78. The van der Waals surface area contributed by atoms with Crippen molar-refractivity contribution in [2.45, 2.75) is 50.5 Å². The molecule has 0 unspecified atom stereocenters. The number of hydrogen-bond donors (Lipinski definition) is 3. The van der Waals surface area contributed by atoms with Gasteiger partial charge in [-0.15, -0.1) is 0 Å². The van der Waals surface area contributed by atoms with Crippen molar-refractivity contribution < 1.29 is 9.59 Å². The van der Waals surface area contributed by atoms with E-state index in [1.165, 1.54) is 12.8 Å². The van der Waals surface area contributed by atoms with Crippen LogP contribution in [0, 0.1) is 5.92 Å². The van der Waals surface area contributed by atoms with E-state index in [4.69, 9.17) is 0 Å².